The Morgan fingerprint density at radius 2 is 2.20 bits per heavy atom. The first-order valence-electron chi connectivity index (χ1n) is 2.79. The molecule has 1 radical (unpaired) electrons. The van der Waals surface area contributed by atoms with Crippen molar-refractivity contribution >= 4 is 5.97 Å². The van der Waals surface area contributed by atoms with Crippen molar-refractivity contribution in [3.63, 3.8) is 0 Å². The van der Waals surface area contributed by atoms with Gasteiger partial charge in [-0.15, -0.1) is 6.54 Å². The molecule has 0 saturated carbocycles. The molecule has 1 heterocycles. The van der Waals surface area contributed by atoms with Crippen molar-refractivity contribution in [1.82, 2.24) is 0 Å². The quantitative estimate of drug-likeness (QED) is 0.670. The Balaban J connectivity index is 0.000000810. The number of hydrogen-bond donors (Lipinski definition) is 2. The van der Waals surface area contributed by atoms with Crippen molar-refractivity contribution in [2.45, 2.75) is 18.6 Å². The number of hydrogen-bond acceptors (Lipinski definition) is 2. The van der Waals surface area contributed by atoms with E-state index in [4.69, 9.17) is 10.2 Å². The second-order valence-corrected chi connectivity index (χ2v) is 2.05. The number of aliphatic carboxylic acids is 1. The number of carboxylic acids is 1. The van der Waals surface area contributed by atoms with Crippen molar-refractivity contribution in [1.29, 1.82) is 0 Å². The van der Waals surface area contributed by atoms with Crippen LogP contribution in [0, 0.1) is 44.1 Å². The third-order valence-corrected chi connectivity index (χ3v) is 1.37. The summed E-state index contributed by atoms with van der Waals surface area (Å²) in [5.41, 5.74) is 0. The normalized spacial score (nSPS) is 31.3. The van der Waals surface area contributed by atoms with Crippen LogP contribution in [-0.4, -0.2) is 34.9 Å². The Hall–Kier alpha value is 0.832. The SMILES string of the molecule is O=C(O)[C@H]1[N-]CCC1O.[Ac]. The largest absolute Gasteiger partial charge is 0.648 e. The van der Waals surface area contributed by atoms with E-state index in [9.17, 15) is 4.79 Å². The molecule has 5 heteroatoms. The van der Waals surface area contributed by atoms with Gasteiger partial charge in [0.25, 0.3) is 5.97 Å². The molecular formula is C5H8AcNO3-. The van der Waals surface area contributed by atoms with Crippen LogP contribution in [0.15, 0.2) is 0 Å². The molecule has 1 fully saturated rings. The van der Waals surface area contributed by atoms with Gasteiger partial charge in [0.1, 0.15) is 0 Å². The fourth-order valence-corrected chi connectivity index (χ4v) is 0.868. The van der Waals surface area contributed by atoms with E-state index in [1.165, 1.54) is 0 Å². The summed E-state index contributed by atoms with van der Waals surface area (Å²) in [6, 6.07) is -0.870. The zero-order valence-electron chi connectivity index (χ0n) is 5.40. The first-order chi connectivity index (χ1) is 4.22. The predicted molar refractivity (Wildman–Crippen MR) is 30.3 cm³/mol. The standard InChI is InChI=1S/C5H8NO3.Ac/c7-3-1-2-6-4(3)5(8)9;/h3-4,7H,1-2H2,(H,8,9);/q-1;/t3?,4-;/m0./s1. The van der Waals surface area contributed by atoms with E-state index in [0.717, 1.165) is 0 Å². The van der Waals surface area contributed by atoms with Gasteiger partial charge in [-0.05, 0) is 12.5 Å². The molecule has 1 unspecified atom stereocenters. The Bertz CT molecular complexity index is 130. The van der Waals surface area contributed by atoms with E-state index in [0.29, 0.717) is 13.0 Å². The Labute approximate surface area is 94.5 Å². The number of aliphatic hydroxyl groups excluding tert-OH is 1. The van der Waals surface area contributed by atoms with E-state index >= 15 is 0 Å². The molecule has 0 aromatic carbocycles. The van der Waals surface area contributed by atoms with Crippen LogP contribution < -0.4 is 0 Å². The molecule has 0 aromatic heterocycles. The van der Waals surface area contributed by atoms with Gasteiger partial charge in [-0.1, -0.05) is 0 Å². The Kier molecular flexibility index (Phi) is 5.04. The number of carboxylic acid groups (broad SMARTS) is 1. The second-order valence-electron chi connectivity index (χ2n) is 2.05. The summed E-state index contributed by atoms with van der Waals surface area (Å²) in [6.45, 7) is 0.470. The third kappa shape index (κ3) is 2.46. The molecule has 0 aliphatic carbocycles. The van der Waals surface area contributed by atoms with Crippen molar-refractivity contribution < 1.29 is 59.1 Å². The van der Waals surface area contributed by atoms with Crippen LogP contribution in [0.2, 0.25) is 0 Å². The van der Waals surface area contributed by atoms with Gasteiger partial charge in [-0.2, -0.15) is 0 Å². The first-order valence-corrected chi connectivity index (χ1v) is 2.79. The molecule has 1 aliphatic heterocycles. The number of rotatable bonds is 1. The maximum atomic E-state index is 10.2. The molecule has 0 amide bonds. The van der Waals surface area contributed by atoms with E-state index in [1.54, 1.807) is 0 Å². The molecular weight excluding hydrogens is 349 g/mol. The fraction of sp³-hybridized carbons (Fsp3) is 0.800. The van der Waals surface area contributed by atoms with Crippen molar-refractivity contribution in [2.75, 3.05) is 6.54 Å². The molecule has 1 aliphatic rings. The minimum Gasteiger partial charge on any atom is -0.648 e. The summed E-state index contributed by atoms with van der Waals surface area (Å²) in [4.78, 5) is 10.2. The average molecular weight is 357 g/mol. The summed E-state index contributed by atoms with van der Waals surface area (Å²) in [7, 11) is 0. The molecule has 10 heavy (non-hydrogen) atoms. The average Bonchev–Trinajstić information content (AvgIpc) is 2.13. The number of aliphatic hydroxyl groups is 1. The molecule has 1 saturated heterocycles. The van der Waals surface area contributed by atoms with Crippen LogP contribution >= 0.6 is 0 Å². The van der Waals surface area contributed by atoms with Gasteiger partial charge >= 0.3 is 0 Å². The monoisotopic (exact) mass is 357 g/mol. The van der Waals surface area contributed by atoms with Gasteiger partial charge in [0.2, 0.25) is 0 Å². The van der Waals surface area contributed by atoms with Gasteiger partial charge < -0.3 is 15.5 Å². The van der Waals surface area contributed by atoms with Gasteiger partial charge in [-0.3, -0.25) is 4.79 Å². The number of carbonyl (C=O) groups is 1. The van der Waals surface area contributed by atoms with Gasteiger partial charge in [0.05, 0.1) is 0 Å². The van der Waals surface area contributed by atoms with E-state index in [-0.39, 0.29) is 44.1 Å². The maximum absolute atomic E-state index is 10.2. The van der Waals surface area contributed by atoms with E-state index in [2.05, 4.69) is 5.32 Å². The van der Waals surface area contributed by atoms with Gasteiger partial charge in [-0.25, -0.2) is 0 Å². The summed E-state index contributed by atoms with van der Waals surface area (Å²) in [5, 5.41) is 20.9. The minimum absolute atomic E-state index is 0. The molecule has 4 nitrogen and oxygen atoms in total. The molecule has 1 rings (SSSR count). The smallest absolute Gasteiger partial charge is 0.288 e. The second kappa shape index (κ2) is 4.66. The molecule has 0 spiro atoms. The molecule has 55 valence electrons. The van der Waals surface area contributed by atoms with Crippen LogP contribution in [0.3, 0.4) is 0 Å². The molecule has 2 atom stereocenters. The van der Waals surface area contributed by atoms with Crippen molar-refractivity contribution in [3.05, 3.63) is 5.32 Å². The van der Waals surface area contributed by atoms with Crippen LogP contribution in [0.25, 0.3) is 5.32 Å². The van der Waals surface area contributed by atoms with Crippen LogP contribution in [0.4, 0.5) is 0 Å². The summed E-state index contributed by atoms with van der Waals surface area (Å²) in [6.07, 6.45) is -0.278. The minimum atomic E-state index is -1.03. The Morgan fingerprint density at radius 1 is 1.60 bits per heavy atom. The van der Waals surface area contributed by atoms with Gasteiger partial charge in [0.15, 0.2) is 0 Å². The zero-order valence-corrected chi connectivity index (χ0v) is 10.1. The number of nitrogens with zero attached hydrogens (tertiary/aromatic N) is 1. The summed E-state index contributed by atoms with van der Waals surface area (Å²) in [5.74, 6) is -1.03. The van der Waals surface area contributed by atoms with Crippen molar-refractivity contribution in [2.24, 2.45) is 0 Å². The molecule has 0 aromatic rings. The van der Waals surface area contributed by atoms with E-state index < -0.39 is 18.1 Å². The van der Waals surface area contributed by atoms with Crippen LogP contribution in [0.5, 0.6) is 0 Å². The maximum Gasteiger partial charge on any atom is 0.288 e. The zero-order chi connectivity index (χ0) is 6.85. The topological polar surface area (TPSA) is 71.6 Å². The van der Waals surface area contributed by atoms with E-state index in [1.807, 2.05) is 0 Å². The summed E-state index contributed by atoms with van der Waals surface area (Å²) < 4.78 is 0. The van der Waals surface area contributed by atoms with Crippen LogP contribution in [0.1, 0.15) is 6.42 Å². The molecule has 0 bridgehead atoms. The third-order valence-electron chi connectivity index (χ3n) is 1.37. The fourth-order valence-electron chi connectivity index (χ4n) is 0.868. The summed E-state index contributed by atoms with van der Waals surface area (Å²) >= 11 is 0. The first kappa shape index (κ1) is 10.8. The Morgan fingerprint density at radius 3 is 2.40 bits per heavy atom. The van der Waals surface area contributed by atoms with Crippen LogP contribution in [-0.2, 0) is 4.79 Å². The predicted octanol–water partition coefficient (Wildman–Crippen LogP) is -0.422. The molecule has 2 N–H and O–H groups in total. The van der Waals surface area contributed by atoms with Crippen molar-refractivity contribution in [3.8, 4) is 0 Å². The van der Waals surface area contributed by atoms with Gasteiger partial charge in [0, 0.05) is 50.2 Å².